The third-order valence-electron chi connectivity index (χ3n) is 5.79. The molecule has 0 fully saturated rings. The van der Waals surface area contributed by atoms with Gasteiger partial charge in [0.05, 0.1) is 0 Å². The molecule has 0 radical (unpaired) electrons. The van der Waals surface area contributed by atoms with E-state index in [2.05, 4.69) is 66.6 Å². The van der Waals surface area contributed by atoms with Gasteiger partial charge in [0.2, 0.25) is 0 Å². The Morgan fingerprint density at radius 2 is 1.55 bits per heavy atom. The Morgan fingerprint density at radius 1 is 0.955 bits per heavy atom. The molecule has 1 aliphatic rings. The van der Waals surface area contributed by atoms with Crippen molar-refractivity contribution in [3.63, 3.8) is 0 Å². The quantitative estimate of drug-likeness (QED) is 0.510. The Bertz CT molecular complexity index is 402. The fourth-order valence-corrected chi connectivity index (χ4v) is 3.66. The van der Waals surface area contributed by atoms with Crippen molar-refractivity contribution in [1.29, 1.82) is 0 Å². The maximum Gasteiger partial charge on any atom is 0.00448 e. The molecule has 0 spiro atoms. The number of rotatable bonds is 9. The first-order chi connectivity index (χ1) is 10.4. The van der Waals surface area contributed by atoms with E-state index in [4.69, 9.17) is 0 Å². The van der Waals surface area contributed by atoms with Gasteiger partial charge in [-0.05, 0) is 56.7 Å². The first-order valence-corrected chi connectivity index (χ1v) is 9.46. The highest BCUT2D eigenvalue weighted by atomic mass is 15.0. The monoisotopic (exact) mass is 305 g/mol. The summed E-state index contributed by atoms with van der Waals surface area (Å²) in [7, 11) is 4.39. The Balaban J connectivity index is 3.20. The summed E-state index contributed by atoms with van der Waals surface area (Å²) in [5.41, 5.74) is 5.15. The molecule has 4 unspecified atom stereocenters. The first-order valence-electron chi connectivity index (χ1n) is 9.46. The van der Waals surface area contributed by atoms with Crippen LogP contribution in [0, 0.1) is 23.7 Å². The standard InChI is InChI=1S/C21H39N/c1-9-15(4)19-14-20(16(5)10-2)21(17(6)11-3)18(19)12-13-22(7)8/h14-17,21H,9-13H2,1-8H3. The van der Waals surface area contributed by atoms with Crippen molar-refractivity contribution < 1.29 is 0 Å². The van der Waals surface area contributed by atoms with Crippen molar-refractivity contribution in [3.8, 4) is 0 Å². The summed E-state index contributed by atoms with van der Waals surface area (Å²) in [6.45, 7) is 15.5. The molecule has 1 aliphatic carbocycles. The average molecular weight is 306 g/mol. The average Bonchev–Trinajstić information content (AvgIpc) is 2.89. The molecule has 1 rings (SSSR count). The third kappa shape index (κ3) is 4.47. The zero-order valence-corrected chi connectivity index (χ0v) is 16.4. The van der Waals surface area contributed by atoms with E-state index < -0.39 is 0 Å². The number of hydrogen-bond donors (Lipinski definition) is 0. The second kappa shape index (κ2) is 8.91. The van der Waals surface area contributed by atoms with E-state index in [-0.39, 0.29) is 0 Å². The van der Waals surface area contributed by atoms with E-state index in [9.17, 15) is 0 Å². The van der Waals surface area contributed by atoms with Gasteiger partial charge in [-0.3, -0.25) is 0 Å². The highest BCUT2D eigenvalue weighted by molar-refractivity contribution is 5.45. The van der Waals surface area contributed by atoms with Gasteiger partial charge in [-0.2, -0.15) is 0 Å². The molecular weight excluding hydrogens is 266 g/mol. The molecule has 1 heteroatoms. The molecule has 0 heterocycles. The lowest BCUT2D eigenvalue weighted by atomic mass is 9.76. The first kappa shape index (κ1) is 19.5. The predicted molar refractivity (Wildman–Crippen MR) is 100 cm³/mol. The minimum atomic E-state index is 0.698. The Labute approximate surface area is 139 Å². The molecule has 0 aliphatic heterocycles. The summed E-state index contributed by atoms with van der Waals surface area (Å²) in [5, 5.41) is 0. The van der Waals surface area contributed by atoms with Crippen LogP contribution < -0.4 is 0 Å². The lowest BCUT2D eigenvalue weighted by Crippen LogP contribution is -2.21. The van der Waals surface area contributed by atoms with Crippen LogP contribution in [0.25, 0.3) is 0 Å². The molecule has 0 saturated heterocycles. The van der Waals surface area contributed by atoms with Gasteiger partial charge >= 0.3 is 0 Å². The van der Waals surface area contributed by atoms with E-state index in [0.717, 1.165) is 11.8 Å². The van der Waals surface area contributed by atoms with Crippen LogP contribution in [0.5, 0.6) is 0 Å². The van der Waals surface area contributed by atoms with Gasteiger partial charge < -0.3 is 4.90 Å². The molecule has 1 nitrogen and oxygen atoms in total. The van der Waals surface area contributed by atoms with Gasteiger partial charge in [0.25, 0.3) is 0 Å². The molecular formula is C21H39N. The Kier molecular flexibility index (Phi) is 7.89. The normalized spacial score (nSPS) is 23.0. The SMILES string of the molecule is CCC(C)C1=CC(C(C)CC)=C(CCN(C)C)C1C(C)CC. The van der Waals surface area contributed by atoms with Crippen LogP contribution in [-0.2, 0) is 0 Å². The van der Waals surface area contributed by atoms with Gasteiger partial charge in [-0.1, -0.05) is 65.2 Å². The van der Waals surface area contributed by atoms with Gasteiger partial charge in [0.15, 0.2) is 0 Å². The summed E-state index contributed by atoms with van der Waals surface area (Å²) in [5.74, 6) is 2.88. The van der Waals surface area contributed by atoms with Crippen molar-refractivity contribution in [2.45, 2.75) is 67.2 Å². The maximum absolute atomic E-state index is 2.60. The molecule has 0 amide bonds. The van der Waals surface area contributed by atoms with Crippen LogP contribution in [-0.4, -0.2) is 25.5 Å². The maximum atomic E-state index is 2.60. The molecule has 22 heavy (non-hydrogen) atoms. The van der Waals surface area contributed by atoms with Crippen LogP contribution in [0.2, 0.25) is 0 Å². The molecule has 0 saturated carbocycles. The van der Waals surface area contributed by atoms with Crippen molar-refractivity contribution in [3.05, 3.63) is 22.8 Å². The molecule has 0 bridgehead atoms. The van der Waals surface area contributed by atoms with Gasteiger partial charge in [-0.25, -0.2) is 0 Å². The van der Waals surface area contributed by atoms with Crippen LogP contribution in [0.4, 0.5) is 0 Å². The van der Waals surface area contributed by atoms with Gasteiger partial charge in [-0.15, -0.1) is 0 Å². The zero-order valence-electron chi connectivity index (χ0n) is 16.4. The smallest absolute Gasteiger partial charge is 0.00448 e. The third-order valence-corrected chi connectivity index (χ3v) is 5.79. The summed E-state index contributed by atoms with van der Waals surface area (Å²) >= 11 is 0. The number of hydrogen-bond acceptors (Lipinski definition) is 1. The Morgan fingerprint density at radius 3 is 2.00 bits per heavy atom. The lowest BCUT2D eigenvalue weighted by Gasteiger charge is -2.29. The van der Waals surface area contributed by atoms with E-state index >= 15 is 0 Å². The second-order valence-corrected chi connectivity index (χ2v) is 7.66. The molecule has 0 aromatic rings. The van der Waals surface area contributed by atoms with Gasteiger partial charge in [0.1, 0.15) is 0 Å². The molecule has 0 aromatic heterocycles. The van der Waals surface area contributed by atoms with E-state index in [1.165, 1.54) is 32.2 Å². The fourth-order valence-electron chi connectivity index (χ4n) is 3.66. The number of nitrogens with zero attached hydrogens (tertiary/aromatic N) is 1. The minimum absolute atomic E-state index is 0.698. The van der Waals surface area contributed by atoms with Crippen LogP contribution in [0.15, 0.2) is 22.8 Å². The summed E-state index contributed by atoms with van der Waals surface area (Å²) in [6.07, 6.45) is 7.62. The van der Waals surface area contributed by atoms with E-state index in [0.29, 0.717) is 11.8 Å². The zero-order chi connectivity index (χ0) is 16.9. The molecule has 128 valence electrons. The van der Waals surface area contributed by atoms with E-state index in [1.807, 2.05) is 0 Å². The van der Waals surface area contributed by atoms with Crippen LogP contribution >= 0.6 is 0 Å². The van der Waals surface area contributed by atoms with E-state index in [1.54, 1.807) is 16.7 Å². The fraction of sp³-hybridized carbons (Fsp3) is 0.810. The second-order valence-electron chi connectivity index (χ2n) is 7.66. The lowest BCUT2D eigenvalue weighted by molar-refractivity contribution is 0.373. The summed E-state index contributed by atoms with van der Waals surface area (Å²) < 4.78 is 0. The van der Waals surface area contributed by atoms with Crippen molar-refractivity contribution in [1.82, 2.24) is 4.90 Å². The number of allylic oxidation sites excluding steroid dienone is 3. The Hall–Kier alpha value is -0.560. The van der Waals surface area contributed by atoms with Crippen LogP contribution in [0.3, 0.4) is 0 Å². The largest absolute Gasteiger partial charge is 0.309 e. The minimum Gasteiger partial charge on any atom is -0.309 e. The molecule has 0 N–H and O–H groups in total. The topological polar surface area (TPSA) is 3.24 Å². The predicted octanol–water partition coefficient (Wildman–Crippen LogP) is 5.93. The van der Waals surface area contributed by atoms with Crippen LogP contribution in [0.1, 0.15) is 67.2 Å². The summed E-state index contributed by atoms with van der Waals surface area (Å²) in [4.78, 5) is 2.33. The highest BCUT2D eigenvalue weighted by Crippen LogP contribution is 2.46. The highest BCUT2D eigenvalue weighted by Gasteiger charge is 2.34. The molecule has 0 aromatic carbocycles. The van der Waals surface area contributed by atoms with Crippen molar-refractivity contribution in [2.75, 3.05) is 20.6 Å². The van der Waals surface area contributed by atoms with Gasteiger partial charge in [0, 0.05) is 12.5 Å². The summed E-state index contributed by atoms with van der Waals surface area (Å²) in [6, 6.07) is 0. The van der Waals surface area contributed by atoms with Crippen molar-refractivity contribution >= 4 is 0 Å². The molecule has 4 atom stereocenters. The van der Waals surface area contributed by atoms with Crippen molar-refractivity contribution in [2.24, 2.45) is 23.7 Å².